The van der Waals surface area contributed by atoms with Crippen molar-refractivity contribution in [3.63, 3.8) is 0 Å². The van der Waals surface area contributed by atoms with E-state index in [4.69, 9.17) is 5.73 Å². The molecule has 2 aliphatic rings. The van der Waals surface area contributed by atoms with Crippen LogP contribution in [0.2, 0.25) is 0 Å². The lowest BCUT2D eigenvalue weighted by molar-refractivity contribution is 0.0475. The fourth-order valence-electron chi connectivity index (χ4n) is 3.10. The summed E-state index contributed by atoms with van der Waals surface area (Å²) in [7, 11) is 0. The predicted molar refractivity (Wildman–Crippen MR) is 74.5 cm³/mol. The van der Waals surface area contributed by atoms with Crippen LogP contribution in [0.15, 0.2) is 0 Å². The fourth-order valence-corrected chi connectivity index (χ4v) is 3.10. The Balaban J connectivity index is 1.81. The van der Waals surface area contributed by atoms with Crippen molar-refractivity contribution < 1.29 is 5.11 Å². The minimum atomic E-state index is 0.0995. The number of aliphatic hydroxyl groups excluding tert-OH is 1. The number of piperazine rings is 1. The van der Waals surface area contributed by atoms with E-state index in [1.54, 1.807) is 0 Å². The van der Waals surface area contributed by atoms with Crippen molar-refractivity contribution in [1.82, 2.24) is 9.80 Å². The highest BCUT2D eigenvalue weighted by Gasteiger charge is 2.34. The van der Waals surface area contributed by atoms with Crippen LogP contribution in [0.5, 0.6) is 0 Å². The van der Waals surface area contributed by atoms with Crippen LogP contribution in [0.3, 0.4) is 0 Å². The third-order valence-electron chi connectivity index (χ3n) is 4.31. The molecular formula is C14H29N3O. The zero-order chi connectivity index (χ0) is 13.1. The first-order valence-corrected chi connectivity index (χ1v) is 7.46. The molecule has 4 nitrogen and oxygen atoms in total. The maximum Gasteiger partial charge on any atom is 0.0601 e. The molecule has 0 aromatic rings. The number of hydrogen-bond acceptors (Lipinski definition) is 4. The molecule has 1 saturated heterocycles. The first-order valence-electron chi connectivity index (χ1n) is 7.46. The van der Waals surface area contributed by atoms with Crippen LogP contribution in [-0.2, 0) is 0 Å². The maximum atomic E-state index is 9.61. The molecule has 0 spiro atoms. The quantitative estimate of drug-likeness (QED) is 0.726. The topological polar surface area (TPSA) is 52.7 Å². The SMILES string of the molecule is CC(C)CC(N)C(CO)N1CCN(C2CC2)CC1. The van der Waals surface area contributed by atoms with Gasteiger partial charge in [0.2, 0.25) is 0 Å². The molecule has 4 heteroatoms. The molecule has 1 aliphatic carbocycles. The molecule has 0 amide bonds. The summed E-state index contributed by atoms with van der Waals surface area (Å²) in [6.07, 6.45) is 3.76. The molecule has 1 aliphatic heterocycles. The molecule has 0 aromatic heterocycles. The molecule has 0 radical (unpaired) electrons. The Morgan fingerprint density at radius 3 is 2.22 bits per heavy atom. The van der Waals surface area contributed by atoms with E-state index in [1.165, 1.54) is 12.8 Å². The monoisotopic (exact) mass is 255 g/mol. The van der Waals surface area contributed by atoms with E-state index in [0.29, 0.717) is 5.92 Å². The lowest BCUT2D eigenvalue weighted by Gasteiger charge is -2.41. The van der Waals surface area contributed by atoms with Crippen molar-refractivity contribution >= 4 is 0 Å². The molecular weight excluding hydrogens is 226 g/mol. The van der Waals surface area contributed by atoms with Gasteiger partial charge in [0.25, 0.3) is 0 Å². The molecule has 3 N–H and O–H groups in total. The lowest BCUT2D eigenvalue weighted by Crippen LogP contribution is -2.57. The third-order valence-corrected chi connectivity index (χ3v) is 4.31. The molecule has 0 aromatic carbocycles. The van der Waals surface area contributed by atoms with Crippen LogP contribution in [-0.4, -0.2) is 65.8 Å². The summed E-state index contributed by atoms with van der Waals surface area (Å²) in [6, 6.07) is 1.11. The maximum absolute atomic E-state index is 9.61. The zero-order valence-electron chi connectivity index (χ0n) is 11.9. The van der Waals surface area contributed by atoms with E-state index in [-0.39, 0.29) is 18.7 Å². The van der Waals surface area contributed by atoms with Crippen molar-refractivity contribution in [1.29, 1.82) is 0 Å². The van der Waals surface area contributed by atoms with E-state index in [9.17, 15) is 5.11 Å². The predicted octanol–water partition coefficient (Wildman–Crippen LogP) is 0.501. The van der Waals surface area contributed by atoms with E-state index in [0.717, 1.165) is 38.6 Å². The second-order valence-electron chi connectivity index (χ2n) is 6.35. The Morgan fingerprint density at radius 2 is 1.78 bits per heavy atom. The molecule has 18 heavy (non-hydrogen) atoms. The Morgan fingerprint density at radius 1 is 1.17 bits per heavy atom. The first kappa shape index (κ1) is 14.3. The Labute approximate surface area is 111 Å². The summed E-state index contributed by atoms with van der Waals surface area (Å²) in [5, 5.41) is 9.61. The molecule has 1 heterocycles. The van der Waals surface area contributed by atoms with Crippen LogP contribution < -0.4 is 5.73 Å². The number of hydrogen-bond donors (Lipinski definition) is 2. The Bertz CT molecular complexity index is 247. The van der Waals surface area contributed by atoms with Gasteiger partial charge < -0.3 is 10.8 Å². The number of nitrogens with zero attached hydrogens (tertiary/aromatic N) is 2. The Hall–Kier alpha value is -0.160. The fraction of sp³-hybridized carbons (Fsp3) is 1.00. The molecule has 0 bridgehead atoms. The van der Waals surface area contributed by atoms with Crippen LogP contribution in [0.4, 0.5) is 0 Å². The molecule has 2 fully saturated rings. The molecule has 2 unspecified atom stereocenters. The summed E-state index contributed by atoms with van der Waals surface area (Å²) in [5.41, 5.74) is 6.25. The van der Waals surface area contributed by atoms with Gasteiger partial charge in [-0.2, -0.15) is 0 Å². The summed E-state index contributed by atoms with van der Waals surface area (Å²) >= 11 is 0. The summed E-state index contributed by atoms with van der Waals surface area (Å²) in [4.78, 5) is 4.99. The minimum Gasteiger partial charge on any atom is -0.395 e. The van der Waals surface area contributed by atoms with Gasteiger partial charge >= 0.3 is 0 Å². The number of aliphatic hydroxyl groups is 1. The second kappa shape index (κ2) is 6.33. The van der Waals surface area contributed by atoms with Gasteiger partial charge in [-0.1, -0.05) is 13.8 Å². The molecule has 2 rings (SSSR count). The average molecular weight is 255 g/mol. The van der Waals surface area contributed by atoms with E-state index < -0.39 is 0 Å². The molecule has 106 valence electrons. The van der Waals surface area contributed by atoms with Crippen molar-refractivity contribution in [3.05, 3.63) is 0 Å². The average Bonchev–Trinajstić information content (AvgIpc) is 3.14. The van der Waals surface area contributed by atoms with Gasteiger partial charge in [0, 0.05) is 44.3 Å². The van der Waals surface area contributed by atoms with Crippen LogP contribution in [0, 0.1) is 5.92 Å². The van der Waals surface area contributed by atoms with Crippen LogP contribution in [0.1, 0.15) is 33.1 Å². The number of nitrogens with two attached hydrogens (primary N) is 1. The van der Waals surface area contributed by atoms with E-state index in [2.05, 4.69) is 23.6 Å². The van der Waals surface area contributed by atoms with Gasteiger partial charge in [0.05, 0.1) is 6.61 Å². The third kappa shape index (κ3) is 3.67. The number of rotatable bonds is 6. The summed E-state index contributed by atoms with van der Waals surface area (Å²) in [5.74, 6) is 0.599. The van der Waals surface area contributed by atoms with Crippen LogP contribution >= 0.6 is 0 Å². The standard InChI is InChI=1S/C14H29N3O/c1-11(2)9-13(15)14(10-18)17-7-5-16(6-8-17)12-3-4-12/h11-14,18H,3-10,15H2,1-2H3. The van der Waals surface area contributed by atoms with Gasteiger partial charge in [-0.15, -0.1) is 0 Å². The van der Waals surface area contributed by atoms with Crippen molar-refractivity contribution in [3.8, 4) is 0 Å². The summed E-state index contributed by atoms with van der Waals surface area (Å²) in [6.45, 7) is 9.00. The van der Waals surface area contributed by atoms with Crippen molar-refractivity contribution in [2.75, 3.05) is 32.8 Å². The zero-order valence-corrected chi connectivity index (χ0v) is 11.9. The lowest BCUT2D eigenvalue weighted by atomic mass is 9.97. The normalized spacial score (nSPS) is 26.5. The van der Waals surface area contributed by atoms with E-state index in [1.807, 2.05) is 0 Å². The van der Waals surface area contributed by atoms with Gasteiger partial charge in [-0.25, -0.2) is 0 Å². The van der Waals surface area contributed by atoms with Gasteiger partial charge in [-0.3, -0.25) is 9.80 Å². The highest BCUT2D eigenvalue weighted by molar-refractivity contribution is 4.91. The highest BCUT2D eigenvalue weighted by Crippen LogP contribution is 2.28. The minimum absolute atomic E-state index is 0.0995. The van der Waals surface area contributed by atoms with E-state index >= 15 is 0 Å². The van der Waals surface area contributed by atoms with Crippen LogP contribution in [0.25, 0.3) is 0 Å². The first-order chi connectivity index (χ1) is 8.61. The molecule has 1 saturated carbocycles. The van der Waals surface area contributed by atoms with Gasteiger partial charge in [0.15, 0.2) is 0 Å². The van der Waals surface area contributed by atoms with Gasteiger partial charge in [0.1, 0.15) is 0 Å². The second-order valence-corrected chi connectivity index (χ2v) is 6.35. The highest BCUT2D eigenvalue weighted by atomic mass is 16.3. The summed E-state index contributed by atoms with van der Waals surface area (Å²) < 4.78 is 0. The van der Waals surface area contributed by atoms with Crippen molar-refractivity contribution in [2.45, 2.75) is 51.2 Å². The van der Waals surface area contributed by atoms with Gasteiger partial charge in [-0.05, 0) is 25.2 Å². The van der Waals surface area contributed by atoms with Crippen molar-refractivity contribution in [2.24, 2.45) is 11.7 Å². The molecule has 2 atom stereocenters. The smallest absolute Gasteiger partial charge is 0.0601 e. The Kier molecular flexibility index (Phi) is 5.01. The largest absolute Gasteiger partial charge is 0.395 e.